The third-order valence-corrected chi connectivity index (χ3v) is 7.68. The van der Waals surface area contributed by atoms with E-state index >= 15 is 0 Å². The minimum absolute atomic E-state index is 0.0461. The Morgan fingerprint density at radius 3 is 2.79 bits per heavy atom. The number of thiazole rings is 1. The van der Waals surface area contributed by atoms with Gasteiger partial charge in [0.15, 0.2) is 0 Å². The molecule has 0 amide bonds. The number of anilines is 1. The van der Waals surface area contributed by atoms with Gasteiger partial charge in [-0.3, -0.25) is 9.36 Å². The van der Waals surface area contributed by atoms with Crippen LogP contribution in [0.25, 0.3) is 10.2 Å². The smallest absolute Gasteiger partial charge is 0.308 e. The Hall–Kier alpha value is -2.16. The van der Waals surface area contributed by atoms with Gasteiger partial charge < -0.3 is 4.90 Å². The van der Waals surface area contributed by atoms with Gasteiger partial charge in [0.25, 0.3) is 0 Å². The topological polar surface area (TPSA) is 71.4 Å². The van der Waals surface area contributed by atoms with Crippen LogP contribution >= 0.6 is 11.3 Å². The third kappa shape index (κ3) is 4.10. The molecule has 3 aromatic rings. The Kier molecular flexibility index (Phi) is 5.76. The molecule has 0 fully saturated rings. The van der Waals surface area contributed by atoms with Crippen molar-refractivity contribution in [3.05, 3.63) is 57.7 Å². The van der Waals surface area contributed by atoms with Gasteiger partial charge in [0.2, 0.25) is 10.0 Å². The van der Waals surface area contributed by atoms with Gasteiger partial charge in [-0.05, 0) is 49.1 Å². The van der Waals surface area contributed by atoms with E-state index in [1.165, 1.54) is 11.3 Å². The van der Waals surface area contributed by atoms with Crippen molar-refractivity contribution in [1.29, 1.82) is 0 Å². The highest BCUT2D eigenvalue weighted by molar-refractivity contribution is 7.89. The minimum Gasteiger partial charge on any atom is -0.371 e. The van der Waals surface area contributed by atoms with Gasteiger partial charge in [-0.25, -0.2) is 13.1 Å². The third-order valence-electron chi connectivity index (χ3n) is 5.28. The number of aromatic nitrogens is 1. The second-order valence-electron chi connectivity index (χ2n) is 7.27. The number of para-hydroxylation sites is 1. The fourth-order valence-corrected chi connectivity index (χ4v) is 5.98. The van der Waals surface area contributed by atoms with Gasteiger partial charge >= 0.3 is 4.87 Å². The highest BCUT2D eigenvalue weighted by atomic mass is 32.2. The molecule has 0 aliphatic carbocycles. The van der Waals surface area contributed by atoms with Crippen molar-refractivity contribution in [2.45, 2.75) is 37.6 Å². The standard InChI is InChI=1S/C21H25N3O3S2/c1-2-12-24-19-9-8-17(15-20(19)28-21(24)25)29(26,27)22-11-5-13-23-14-10-16-6-3-4-7-18(16)23/h3-4,6-9,15,22H,2,5,10-14H2,1H3. The average molecular weight is 432 g/mol. The molecule has 8 heteroatoms. The Bertz CT molecular complexity index is 1180. The van der Waals surface area contributed by atoms with E-state index < -0.39 is 10.0 Å². The zero-order chi connectivity index (χ0) is 20.4. The molecule has 2 heterocycles. The molecule has 0 atom stereocenters. The summed E-state index contributed by atoms with van der Waals surface area (Å²) in [7, 11) is -3.60. The van der Waals surface area contributed by atoms with E-state index in [4.69, 9.17) is 0 Å². The number of benzene rings is 2. The number of hydrogen-bond acceptors (Lipinski definition) is 5. The van der Waals surface area contributed by atoms with Crippen LogP contribution in [0.4, 0.5) is 5.69 Å². The Labute approximate surface area is 174 Å². The number of sulfonamides is 1. The van der Waals surface area contributed by atoms with Gasteiger partial charge in [-0.1, -0.05) is 36.5 Å². The van der Waals surface area contributed by atoms with Crippen molar-refractivity contribution >= 4 is 37.3 Å². The van der Waals surface area contributed by atoms with E-state index in [1.807, 2.05) is 13.0 Å². The first-order valence-corrected chi connectivity index (χ1v) is 12.3. The molecule has 1 aliphatic heterocycles. The van der Waals surface area contributed by atoms with Crippen LogP contribution in [-0.4, -0.2) is 32.6 Å². The van der Waals surface area contributed by atoms with Gasteiger partial charge in [-0.15, -0.1) is 0 Å². The number of rotatable bonds is 8. The molecular weight excluding hydrogens is 406 g/mol. The maximum atomic E-state index is 12.7. The van der Waals surface area contributed by atoms with Crippen molar-refractivity contribution in [3.8, 4) is 0 Å². The summed E-state index contributed by atoms with van der Waals surface area (Å²) in [6.45, 7) is 4.84. The molecule has 29 heavy (non-hydrogen) atoms. The van der Waals surface area contributed by atoms with Crippen molar-refractivity contribution in [3.63, 3.8) is 0 Å². The van der Waals surface area contributed by atoms with Crippen molar-refractivity contribution in [2.75, 3.05) is 24.5 Å². The summed E-state index contributed by atoms with van der Waals surface area (Å²) in [5, 5.41) is 0. The van der Waals surface area contributed by atoms with E-state index in [9.17, 15) is 13.2 Å². The lowest BCUT2D eigenvalue weighted by atomic mass is 10.2. The first-order valence-electron chi connectivity index (χ1n) is 9.95. The van der Waals surface area contributed by atoms with Crippen LogP contribution in [0.15, 0.2) is 52.2 Å². The number of aryl methyl sites for hydroxylation is 1. The second-order valence-corrected chi connectivity index (χ2v) is 10.0. The molecule has 0 saturated heterocycles. The number of nitrogens with zero attached hydrogens (tertiary/aromatic N) is 2. The van der Waals surface area contributed by atoms with E-state index in [0.717, 1.165) is 49.2 Å². The largest absolute Gasteiger partial charge is 0.371 e. The molecule has 2 aromatic carbocycles. The maximum Gasteiger partial charge on any atom is 0.308 e. The Morgan fingerprint density at radius 1 is 1.14 bits per heavy atom. The molecule has 1 N–H and O–H groups in total. The first-order chi connectivity index (χ1) is 14.0. The molecule has 0 saturated carbocycles. The fourth-order valence-electron chi connectivity index (χ4n) is 3.85. The highest BCUT2D eigenvalue weighted by Gasteiger charge is 2.19. The number of fused-ring (bicyclic) bond motifs is 2. The van der Waals surface area contributed by atoms with Gasteiger partial charge in [0.1, 0.15) is 0 Å². The van der Waals surface area contributed by atoms with Crippen molar-refractivity contribution in [2.24, 2.45) is 0 Å². The molecule has 6 nitrogen and oxygen atoms in total. The summed E-state index contributed by atoms with van der Waals surface area (Å²) < 4.78 is 30.5. The molecule has 0 spiro atoms. The maximum absolute atomic E-state index is 12.7. The van der Waals surface area contributed by atoms with Crippen LogP contribution in [0.2, 0.25) is 0 Å². The highest BCUT2D eigenvalue weighted by Crippen LogP contribution is 2.27. The normalized spacial score (nSPS) is 13.9. The average Bonchev–Trinajstić information content (AvgIpc) is 3.26. The van der Waals surface area contributed by atoms with Gasteiger partial charge in [0.05, 0.1) is 15.1 Å². The lowest BCUT2D eigenvalue weighted by Crippen LogP contribution is -2.29. The molecule has 0 unspecified atom stereocenters. The molecule has 4 rings (SSSR count). The number of nitrogens with one attached hydrogen (secondary N) is 1. The molecule has 0 radical (unpaired) electrons. The molecule has 1 aliphatic rings. The summed E-state index contributed by atoms with van der Waals surface area (Å²) in [6.07, 6.45) is 2.63. The monoisotopic (exact) mass is 431 g/mol. The zero-order valence-corrected chi connectivity index (χ0v) is 18.1. The number of hydrogen-bond donors (Lipinski definition) is 1. The van der Waals surface area contributed by atoms with Crippen LogP contribution in [0.1, 0.15) is 25.3 Å². The fraction of sp³-hybridized carbons (Fsp3) is 0.381. The Morgan fingerprint density at radius 2 is 1.97 bits per heavy atom. The Balaban J connectivity index is 1.39. The van der Waals surface area contributed by atoms with E-state index in [-0.39, 0.29) is 9.77 Å². The lowest BCUT2D eigenvalue weighted by molar-refractivity contribution is 0.578. The summed E-state index contributed by atoms with van der Waals surface area (Å²) in [4.78, 5) is 14.6. The van der Waals surface area contributed by atoms with E-state index in [2.05, 4.69) is 27.8 Å². The zero-order valence-electron chi connectivity index (χ0n) is 16.4. The lowest BCUT2D eigenvalue weighted by Gasteiger charge is -2.19. The molecular formula is C21H25N3O3S2. The quantitative estimate of drug-likeness (QED) is 0.556. The van der Waals surface area contributed by atoms with E-state index in [1.54, 1.807) is 22.8 Å². The minimum atomic E-state index is -3.60. The summed E-state index contributed by atoms with van der Waals surface area (Å²) >= 11 is 1.10. The predicted octanol–water partition coefficient (Wildman–Crippen LogP) is 3.20. The molecule has 1 aromatic heterocycles. The van der Waals surface area contributed by atoms with Crippen LogP contribution in [0.5, 0.6) is 0 Å². The van der Waals surface area contributed by atoms with Crippen LogP contribution in [0.3, 0.4) is 0 Å². The van der Waals surface area contributed by atoms with Crippen LogP contribution in [0, 0.1) is 0 Å². The van der Waals surface area contributed by atoms with E-state index in [0.29, 0.717) is 17.8 Å². The predicted molar refractivity (Wildman–Crippen MR) is 119 cm³/mol. The van der Waals surface area contributed by atoms with Crippen LogP contribution < -0.4 is 14.5 Å². The van der Waals surface area contributed by atoms with Crippen molar-refractivity contribution in [1.82, 2.24) is 9.29 Å². The molecule has 154 valence electrons. The summed E-state index contributed by atoms with van der Waals surface area (Å²) in [6, 6.07) is 13.3. The first kappa shape index (κ1) is 20.1. The van der Waals surface area contributed by atoms with Gasteiger partial charge in [-0.2, -0.15) is 0 Å². The van der Waals surface area contributed by atoms with Crippen molar-refractivity contribution < 1.29 is 8.42 Å². The SMILES string of the molecule is CCCn1c(=O)sc2cc(S(=O)(=O)NCCCN3CCc4ccccc43)ccc21. The molecule has 0 bridgehead atoms. The summed E-state index contributed by atoms with van der Waals surface area (Å²) in [5.41, 5.74) is 3.41. The van der Waals surface area contributed by atoms with Gasteiger partial charge in [0, 0.05) is 31.9 Å². The summed E-state index contributed by atoms with van der Waals surface area (Å²) in [5.74, 6) is 0. The second kappa shape index (κ2) is 8.30. The van der Waals surface area contributed by atoms with Crippen LogP contribution in [-0.2, 0) is 23.0 Å².